The van der Waals surface area contributed by atoms with Crippen molar-refractivity contribution in [3.8, 4) is 22.5 Å². The van der Waals surface area contributed by atoms with E-state index in [1.54, 1.807) is 24.5 Å². The molecule has 0 aliphatic heterocycles. The van der Waals surface area contributed by atoms with Gasteiger partial charge in [0.25, 0.3) is 5.56 Å². The Balaban J connectivity index is 1.22. The third kappa shape index (κ3) is 6.73. The van der Waals surface area contributed by atoms with Crippen molar-refractivity contribution in [1.29, 1.82) is 0 Å². The average Bonchev–Trinajstić information content (AvgIpc) is 3.73. The van der Waals surface area contributed by atoms with E-state index in [0.717, 1.165) is 57.6 Å². The summed E-state index contributed by atoms with van der Waals surface area (Å²) in [6.07, 6.45) is 2.62. The van der Waals surface area contributed by atoms with Crippen molar-refractivity contribution in [2.45, 2.75) is 57.7 Å². The molecule has 0 aliphatic rings. The van der Waals surface area contributed by atoms with E-state index in [-0.39, 0.29) is 5.56 Å². The zero-order chi connectivity index (χ0) is 38.7. The first kappa shape index (κ1) is 36.5. The van der Waals surface area contributed by atoms with Crippen LogP contribution in [-0.4, -0.2) is 34.9 Å². The number of rotatable bonds is 12. The summed E-state index contributed by atoms with van der Waals surface area (Å²) in [4.78, 5) is 19.1. The fourth-order valence-corrected chi connectivity index (χ4v) is 7.72. The molecule has 0 fully saturated rings. The molecule has 1 N–H and O–H groups in total. The van der Waals surface area contributed by atoms with Crippen LogP contribution in [0.1, 0.15) is 67.3 Å². The van der Waals surface area contributed by atoms with Gasteiger partial charge in [-0.15, -0.1) is 5.10 Å². The largest absolute Gasteiger partial charge is 0.386 e. The van der Waals surface area contributed by atoms with Gasteiger partial charge in [-0.1, -0.05) is 159 Å². The normalized spacial score (nSPS) is 11.9. The Kier molecular flexibility index (Phi) is 9.98. The molecule has 0 unspecified atom stereocenters. The number of aryl methyl sites for hydroxylation is 1. The fraction of sp³-hybridized carbons (Fsp3) is 0.188. The molecule has 0 amide bonds. The lowest BCUT2D eigenvalue weighted by Crippen LogP contribution is -2.39. The summed E-state index contributed by atoms with van der Waals surface area (Å²) < 4.78 is 3.75. The predicted octanol–water partition coefficient (Wildman–Crippen LogP) is 9.18. The zero-order valence-corrected chi connectivity index (χ0v) is 31.9. The van der Waals surface area contributed by atoms with E-state index in [0.29, 0.717) is 35.3 Å². The number of hydrogen-bond acceptors (Lipinski definition) is 6. The average molecular weight is 737 g/mol. The van der Waals surface area contributed by atoms with E-state index in [4.69, 9.17) is 15.3 Å². The van der Waals surface area contributed by atoms with Crippen LogP contribution in [0.3, 0.4) is 0 Å². The molecular formula is C48H44N6O2. The molecule has 8 rings (SSSR count). The molecule has 0 bridgehead atoms. The van der Waals surface area contributed by atoms with Gasteiger partial charge in [-0.05, 0) is 81.8 Å². The first-order chi connectivity index (χ1) is 27.3. The van der Waals surface area contributed by atoms with Crippen LogP contribution in [0.5, 0.6) is 0 Å². The molecule has 6 aromatic carbocycles. The first-order valence-electron chi connectivity index (χ1n) is 19.2. The van der Waals surface area contributed by atoms with Crippen LogP contribution >= 0.6 is 0 Å². The summed E-state index contributed by atoms with van der Waals surface area (Å²) >= 11 is 0. The monoisotopic (exact) mass is 736 g/mol. The standard InChI is InChI=1S/C48H44N6O2/c1-4-5-25-44-49-43-31-30-39(47(2,3)56)32-42(43)46(55)53(44)33-34-26-28-35(29-27-34)40-23-15-16-24-41(40)45-50-51-52-54(45)48(36-17-9-6-10-18-36,37-19-11-7-12-20-37)38-21-13-8-14-22-38/h6-24,26-32,56H,4-5,25,33H2,1-3H3. The highest BCUT2D eigenvalue weighted by molar-refractivity contribution is 5.81. The highest BCUT2D eigenvalue weighted by Crippen LogP contribution is 2.43. The third-order valence-electron chi connectivity index (χ3n) is 10.6. The van der Waals surface area contributed by atoms with Crippen molar-refractivity contribution in [3.63, 3.8) is 0 Å². The number of unbranched alkanes of at least 4 members (excludes halogenated alkanes) is 1. The molecule has 8 nitrogen and oxygen atoms in total. The van der Waals surface area contributed by atoms with Gasteiger partial charge in [0.05, 0.1) is 23.0 Å². The molecule has 0 radical (unpaired) electrons. The van der Waals surface area contributed by atoms with Crippen LogP contribution < -0.4 is 5.56 Å². The first-order valence-corrected chi connectivity index (χ1v) is 19.2. The van der Waals surface area contributed by atoms with E-state index in [2.05, 4.69) is 121 Å². The van der Waals surface area contributed by atoms with Gasteiger partial charge in [-0.3, -0.25) is 9.36 Å². The summed E-state index contributed by atoms with van der Waals surface area (Å²) in [5.74, 6) is 1.39. The predicted molar refractivity (Wildman–Crippen MR) is 222 cm³/mol. The van der Waals surface area contributed by atoms with Gasteiger partial charge < -0.3 is 5.11 Å². The minimum absolute atomic E-state index is 0.104. The number of aliphatic hydroxyl groups is 1. The second-order valence-corrected chi connectivity index (χ2v) is 14.8. The van der Waals surface area contributed by atoms with Crippen molar-refractivity contribution >= 4 is 10.9 Å². The molecular weight excluding hydrogens is 693 g/mol. The third-order valence-corrected chi connectivity index (χ3v) is 10.6. The Morgan fingerprint density at radius 3 is 1.80 bits per heavy atom. The van der Waals surface area contributed by atoms with Crippen LogP contribution in [0, 0.1) is 0 Å². The van der Waals surface area contributed by atoms with Crippen molar-refractivity contribution in [1.82, 2.24) is 29.8 Å². The minimum Gasteiger partial charge on any atom is -0.386 e. The number of hydrogen-bond donors (Lipinski definition) is 1. The quantitative estimate of drug-likeness (QED) is 0.126. The molecule has 0 aliphatic carbocycles. The number of nitrogens with zero attached hydrogens (tertiary/aromatic N) is 6. The van der Waals surface area contributed by atoms with Crippen LogP contribution in [0.15, 0.2) is 163 Å². The topological polar surface area (TPSA) is 98.7 Å². The second kappa shape index (κ2) is 15.3. The van der Waals surface area contributed by atoms with E-state index < -0.39 is 11.1 Å². The number of benzene rings is 6. The number of fused-ring (bicyclic) bond motifs is 1. The van der Waals surface area contributed by atoms with Crippen molar-refractivity contribution in [2.24, 2.45) is 0 Å². The lowest BCUT2D eigenvalue weighted by atomic mass is 9.77. The molecule has 0 atom stereocenters. The molecule has 8 aromatic rings. The van der Waals surface area contributed by atoms with Crippen LogP contribution in [0.25, 0.3) is 33.4 Å². The Labute approximate surface area is 326 Å². The van der Waals surface area contributed by atoms with Crippen molar-refractivity contribution in [3.05, 3.63) is 202 Å². The van der Waals surface area contributed by atoms with Gasteiger partial charge >= 0.3 is 0 Å². The Bertz CT molecular complexity index is 2550. The maximum atomic E-state index is 14.1. The maximum absolute atomic E-state index is 14.1. The summed E-state index contributed by atoms with van der Waals surface area (Å²) in [5.41, 5.74) is 6.19. The van der Waals surface area contributed by atoms with Crippen molar-refractivity contribution in [2.75, 3.05) is 0 Å². The fourth-order valence-electron chi connectivity index (χ4n) is 7.72. The Morgan fingerprint density at radius 2 is 1.23 bits per heavy atom. The molecule has 278 valence electrons. The molecule has 56 heavy (non-hydrogen) atoms. The second-order valence-electron chi connectivity index (χ2n) is 14.8. The summed E-state index contributed by atoms with van der Waals surface area (Å²) in [7, 11) is 0. The van der Waals surface area contributed by atoms with E-state index in [9.17, 15) is 9.90 Å². The van der Waals surface area contributed by atoms with Crippen LogP contribution in [-0.2, 0) is 24.1 Å². The lowest BCUT2D eigenvalue weighted by molar-refractivity contribution is 0.0787. The molecule has 2 aromatic heterocycles. The van der Waals surface area contributed by atoms with Gasteiger partial charge in [0, 0.05) is 12.0 Å². The summed E-state index contributed by atoms with van der Waals surface area (Å²) in [6, 6.07) is 53.2. The number of aromatic nitrogens is 6. The van der Waals surface area contributed by atoms with E-state index >= 15 is 0 Å². The minimum atomic E-state index is -1.08. The highest BCUT2D eigenvalue weighted by Gasteiger charge is 2.42. The molecule has 0 saturated carbocycles. The Morgan fingerprint density at radius 1 is 0.661 bits per heavy atom. The number of tetrazole rings is 1. The molecule has 8 heteroatoms. The van der Waals surface area contributed by atoms with Gasteiger partial charge in [0.1, 0.15) is 11.4 Å². The zero-order valence-electron chi connectivity index (χ0n) is 31.9. The van der Waals surface area contributed by atoms with E-state index in [1.165, 1.54) is 0 Å². The summed E-state index contributed by atoms with van der Waals surface area (Å²) in [5, 5.41) is 25.0. The SMILES string of the molecule is CCCCc1nc2ccc(C(C)(C)O)cc2c(=O)n1Cc1ccc(-c2ccccc2-c2nnnn2C(c2ccccc2)(c2ccccc2)c2ccccc2)cc1. The van der Waals surface area contributed by atoms with Crippen LogP contribution in [0.4, 0.5) is 0 Å². The van der Waals surface area contributed by atoms with Gasteiger partial charge in [-0.25, -0.2) is 9.67 Å². The smallest absolute Gasteiger partial charge is 0.261 e. The van der Waals surface area contributed by atoms with Gasteiger partial charge in [-0.2, -0.15) is 0 Å². The van der Waals surface area contributed by atoms with Gasteiger partial charge in [0.2, 0.25) is 0 Å². The maximum Gasteiger partial charge on any atom is 0.261 e. The molecule has 0 spiro atoms. The highest BCUT2D eigenvalue weighted by atomic mass is 16.3. The Hall–Kier alpha value is -6.51. The molecule has 0 saturated heterocycles. The van der Waals surface area contributed by atoms with Crippen molar-refractivity contribution < 1.29 is 5.11 Å². The lowest BCUT2D eigenvalue weighted by Gasteiger charge is -2.36. The summed E-state index contributed by atoms with van der Waals surface area (Å²) in [6.45, 7) is 5.96. The molecule has 2 heterocycles. The van der Waals surface area contributed by atoms with Crippen LogP contribution in [0.2, 0.25) is 0 Å². The van der Waals surface area contributed by atoms with E-state index in [1.807, 2.05) is 47.1 Å². The van der Waals surface area contributed by atoms with Gasteiger partial charge in [0.15, 0.2) is 5.82 Å².